The van der Waals surface area contributed by atoms with E-state index in [4.69, 9.17) is 0 Å². The zero-order chi connectivity index (χ0) is 16.4. The van der Waals surface area contributed by atoms with Gasteiger partial charge in [-0.25, -0.2) is 22.2 Å². The minimum Gasteiger partial charge on any atom is -0.315 e. The fraction of sp³-hybridized carbons (Fsp3) is 0.400. The molecular weight excluding hydrogens is 355 g/mol. The summed E-state index contributed by atoms with van der Waals surface area (Å²) in [6, 6.07) is 5.92. The third-order valence-corrected chi connectivity index (χ3v) is 5.55. The first kappa shape index (κ1) is 18.9. The average Bonchev–Trinajstić information content (AvgIpc) is 3.00. The number of nitrogens with one attached hydrogen (secondary N) is 2. The Morgan fingerprint density at radius 1 is 1.38 bits per heavy atom. The molecule has 0 amide bonds. The Bertz CT molecular complexity index is 796. The van der Waals surface area contributed by atoms with Crippen LogP contribution in [0.15, 0.2) is 41.6 Å². The maximum absolute atomic E-state index is 13.8. The Morgan fingerprint density at radius 3 is 2.83 bits per heavy atom. The Kier molecular flexibility index (Phi) is 5.97. The summed E-state index contributed by atoms with van der Waals surface area (Å²) in [7, 11) is -3.69. The van der Waals surface area contributed by atoms with Gasteiger partial charge in [-0.15, -0.1) is 12.4 Å². The fourth-order valence-electron chi connectivity index (χ4n) is 2.63. The molecule has 2 atom stereocenters. The van der Waals surface area contributed by atoms with Crippen LogP contribution in [0.5, 0.6) is 0 Å². The van der Waals surface area contributed by atoms with Crippen LogP contribution in [-0.4, -0.2) is 37.3 Å². The van der Waals surface area contributed by atoms with Crippen LogP contribution in [0.3, 0.4) is 0 Å². The fourth-order valence-corrected chi connectivity index (χ4v) is 3.90. The van der Waals surface area contributed by atoms with Gasteiger partial charge in [0.2, 0.25) is 10.0 Å². The van der Waals surface area contributed by atoms with Gasteiger partial charge >= 0.3 is 0 Å². The number of hydrogen-bond acceptors (Lipinski definition) is 4. The van der Waals surface area contributed by atoms with Crippen molar-refractivity contribution in [3.8, 4) is 5.69 Å². The number of benzene rings is 1. The largest absolute Gasteiger partial charge is 0.315 e. The molecule has 1 aromatic carbocycles. The van der Waals surface area contributed by atoms with Gasteiger partial charge < -0.3 is 5.32 Å². The highest BCUT2D eigenvalue weighted by molar-refractivity contribution is 7.89. The van der Waals surface area contributed by atoms with Gasteiger partial charge in [0.1, 0.15) is 16.4 Å². The second-order valence-electron chi connectivity index (χ2n) is 5.77. The van der Waals surface area contributed by atoms with Gasteiger partial charge in [-0.1, -0.05) is 19.1 Å². The molecule has 132 valence electrons. The molecule has 1 aliphatic rings. The van der Waals surface area contributed by atoms with Gasteiger partial charge in [-0.05, 0) is 31.0 Å². The first-order valence-electron chi connectivity index (χ1n) is 7.50. The van der Waals surface area contributed by atoms with Crippen molar-refractivity contribution in [2.45, 2.75) is 24.3 Å². The lowest BCUT2D eigenvalue weighted by Crippen LogP contribution is -2.50. The minimum atomic E-state index is -3.69. The van der Waals surface area contributed by atoms with Crippen molar-refractivity contribution >= 4 is 22.4 Å². The highest BCUT2D eigenvalue weighted by atomic mass is 35.5. The number of nitrogens with zero attached hydrogens (tertiary/aromatic N) is 2. The summed E-state index contributed by atoms with van der Waals surface area (Å²) < 4.78 is 42.7. The highest BCUT2D eigenvalue weighted by Gasteiger charge is 2.27. The molecule has 2 unspecified atom stereocenters. The number of piperidine rings is 1. The molecule has 1 aliphatic heterocycles. The lowest BCUT2D eigenvalue weighted by Gasteiger charge is -2.29. The maximum atomic E-state index is 13.8. The average molecular weight is 375 g/mol. The molecule has 2 heterocycles. The van der Waals surface area contributed by atoms with E-state index in [0.29, 0.717) is 6.54 Å². The van der Waals surface area contributed by atoms with Gasteiger partial charge in [0.15, 0.2) is 0 Å². The first-order valence-corrected chi connectivity index (χ1v) is 8.98. The smallest absolute Gasteiger partial charge is 0.244 e. The van der Waals surface area contributed by atoms with Crippen molar-refractivity contribution in [3.63, 3.8) is 0 Å². The van der Waals surface area contributed by atoms with Crippen molar-refractivity contribution < 1.29 is 12.8 Å². The van der Waals surface area contributed by atoms with Crippen LogP contribution in [0, 0.1) is 11.7 Å². The third kappa shape index (κ3) is 3.94. The third-order valence-electron chi connectivity index (χ3n) is 4.10. The van der Waals surface area contributed by atoms with E-state index >= 15 is 0 Å². The predicted molar refractivity (Wildman–Crippen MR) is 91.5 cm³/mol. The summed E-state index contributed by atoms with van der Waals surface area (Å²) in [5, 5.41) is 7.15. The first-order chi connectivity index (χ1) is 11.0. The van der Waals surface area contributed by atoms with E-state index in [1.54, 1.807) is 18.2 Å². The van der Waals surface area contributed by atoms with Crippen molar-refractivity contribution in [1.29, 1.82) is 0 Å². The molecule has 24 heavy (non-hydrogen) atoms. The Hall–Kier alpha value is -1.48. The van der Waals surface area contributed by atoms with Gasteiger partial charge in [0, 0.05) is 12.6 Å². The molecule has 2 aromatic rings. The van der Waals surface area contributed by atoms with E-state index in [0.717, 1.165) is 13.0 Å². The zero-order valence-electron chi connectivity index (χ0n) is 13.1. The summed E-state index contributed by atoms with van der Waals surface area (Å²) in [6.45, 7) is 3.52. The molecule has 6 nitrogen and oxygen atoms in total. The van der Waals surface area contributed by atoms with Crippen LogP contribution in [0.2, 0.25) is 0 Å². The van der Waals surface area contributed by atoms with Crippen molar-refractivity contribution in [2.75, 3.05) is 13.1 Å². The zero-order valence-corrected chi connectivity index (χ0v) is 14.8. The summed E-state index contributed by atoms with van der Waals surface area (Å²) >= 11 is 0. The quantitative estimate of drug-likeness (QED) is 0.854. The monoisotopic (exact) mass is 374 g/mol. The Labute approximate surface area is 146 Å². The molecule has 2 N–H and O–H groups in total. The van der Waals surface area contributed by atoms with Gasteiger partial charge in [-0.2, -0.15) is 5.10 Å². The van der Waals surface area contributed by atoms with Gasteiger partial charge in [-0.3, -0.25) is 0 Å². The second-order valence-corrected chi connectivity index (χ2v) is 7.48. The topological polar surface area (TPSA) is 76.0 Å². The van der Waals surface area contributed by atoms with Crippen molar-refractivity contribution in [1.82, 2.24) is 19.8 Å². The van der Waals surface area contributed by atoms with E-state index in [1.807, 2.05) is 6.92 Å². The molecule has 1 fully saturated rings. The van der Waals surface area contributed by atoms with E-state index in [2.05, 4.69) is 15.1 Å². The number of hydrogen-bond donors (Lipinski definition) is 2. The van der Waals surface area contributed by atoms with Gasteiger partial charge in [0.25, 0.3) is 0 Å². The van der Waals surface area contributed by atoms with Crippen LogP contribution in [0.4, 0.5) is 4.39 Å². The molecule has 0 radical (unpaired) electrons. The maximum Gasteiger partial charge on any atom is 0.244 e. The summed E-state index contributed by atoms with van der Waals surface area (Å²) in [5.41, 5.74) is 0.210. The second kappa shape index (κ2) is 7.60. The van der Waals surface area contributed by atoms with Crippen LogP contribution >= 0.6 is 12.4 Å². The standard InChI is InChI=1S/C15H19FN4O2S.ClH/c1-11-6-7-17-9-14(11)19-23(21,22)12-8-18-20(10-12)15-5-3-2-4-13(15)16;/h2-5,8,10-11,14,17,19H,6-7,9H2,1H3;1H. The molecule has 0 saturated carbocycles. The molecule has 0 spiro atoms. The van der Waals surface area contributed by atoms with Crippen molar-refractivity contribution in [3.05, 3.63) is 42.5 Å². The molecule has 0 aliphatic carbocycles. The van der Waals surface area contributed by atoms with E-state index in [1.165, 1.54) is 23.1 Å². The number of sulfonamides is 1. The summed E-state index contributed by atoms with van der Waals surface area (Å²) in [5.74, 6) is -0.203. The van der Waals surface area contributed by atoms with Crippen LogP contribution in [0.25, 0.3) is 5.69 Å². The van der Waals surface area contributed by atoms with E-state index < -0.39 is 15.8 Å². The van der Waals surface area contributed by atoms with E-state index in [9.17, 15) is 12.8 Å². The number of para-hydroxylation sites is 1. The van der Waals surface area contributed by atoms with Gasteiger partial charge in [0.05, 0.1) is 12.4 Å². The highest BCUT2D eigenvalue weighted by Crippen LogP contribution is 2.18. The predicted octanol–water partition coefficient (Wildman–Crippen LogP) is 1.71. The van der Waals surface area contributed by atoms with Crippen molar-refractivity contribution in [2.24, 2.45) is 5.92 Å². The molecule has 9 heteroatoms. The molecule has 1 aromatic heterocycles. The minimum absolute atomic E-state index is 0. The number of aromatic nitrogens is 2. The molecular formula is C15H20ClFN4O2S. The summed E-state index contributed by atoms with van der Waals surface area (Å²) in [6.07, 6.45) is 3.47. The number of halogens is 2. The molecule has 3 rings (SSSR count). The van der Waals surface area contributed by atoms with Crippen LogP contribution in [-0.2, 0) is 10.0 Å². The lowest BCUT2D eigenvalue weighted by molar-refractivity contribution is 0.327. The molecule has 0 bridgehead atoms. The SMILES string of the molecule is CC1CCNCC1NS(=O)(=O)c1cnn(-c2ccccc2F)c1.Cl. The van der Waals surface area contributed by atoms with E-state index in [-0.39, 0.29) is 34.9 Å². The normalized spacial score (nSPS) is 21.2. The van der Waals surface area contributed by atoms with Crippen LogP contribution in [0.1, 0.15) is 13.3 Å². The Morgan fingerprint density at radius 2 is 2.12 bits per heavy atom. The molecule has 1 saturated heterocycles. The number of rotatable bonds is 4. The summed E-state index contributed by atoms with van der Waals surface area (Å²) in [4.78, 5) is 0.0264. The Balaban J connectivity index is 0.00000208. The lowest BCUT2D eigenvalue weighted by atomic mass is 9.96. The van der Waals surface area contributed by atoms with Crippen LogP contribution < -0.4 is 10.0 Å².